The molecule has 0 aliphatic carbocycles. The van der Waals surface area contributed by atoms with Gasteiger partial charge in [0.1, 0.15) is 0 Å². The van der Waals surface area contributed by atoms with Gasteiger partial charge in [-0.3, -0.25) is 9.20 Å². The van der Waals surface area contributed by atoms with Crippen molar-refractivity contribution in [1.29, 1.82) is 0 Å². The Morgan fingerprint density at radius 2 is 1.71 bits per heavy atom. The van der Waals surface area contributed by atoms with Crippen molar-refractivity contribution in [2.24, 2.45) is 0 Å². The molecule has 5 rings (SSSR count). The molecule has 168 valence electrons. The number of aromatic nitrogens is 2. The summed E-state index contributed by atoms with van der Waals surface area (Å²) in [6, 6.07) is 29.1. The summed E-state index contributed by atoms with van der Waals surface area (Å²) in [4.78, 5) is 16.7. The number of nitrogens with one attached hydrogen (secondary N) is 2. The molecule has 0 spiro atoms. The van der Waals surface area contributed by atoms with Gasteiger partial charge in [-0.05, 0) is 65.7 Å². The minimum absolute atomic E-state index is 0.481. The largest absolute Gasteiger partial charge is 0.606 e. The highest BCUT2D eigenvalue weighted by molar-refractivity contribution is 7.91. The van der Waals surface area contributed by atoms with Gasteiger partial charge < -0.3 is 15.2 Å². The Bertz CT molecular complexity index is 1420. The third-order valence-electron chi connectivity index (χ3n) is 5.47. The Morgan fingerprint density at radius 1 is 0.912 bits per heavy atom. The van der Waals surface area contributed by atoms with E-state index in [0.29, 0.717) is 13.0 Å². The smallest absolute Gasteiger partial charge is 0.207 e. The second-order valence-corrected chi connectivity index (χ2v) is 9.16. The van der Waals surface area contributed by atoms with Crippen LogP contribution in [-0.4, -0.2) is 20.3 Å². The van der Waals surface area contributed by atoms with Crippen LogP contribution in [0, 0.1) is 0 Å². The minimum atomic E-state index is -1.21. The fourth-order valence-electron chi connectivity index (χ4n) is 3.84. The average molecular weight is 467 g/mol. The zero-order chi connectivity index (χ0) is 23.3. The molecular formula is C27H22N4O2S. The average Bonchev–Trinajstić information content (AvgIpc) is 3.39. The first-order valence-electron chi connectivity index (χ1n) is 10.8. The number of hydrogen-bond donors (Lipinski definition) is 2. The number of anilines is 2. The molecule has 0 radical (unpaired) electrons. The van der Waals surface area contributed by atoms with E-state index in [2.05, 4.69) is 21.7 Å². The van der Waals surface area contributed by atoms with E-state index in [-0.39, 0.29) is 0 Å². The standard InChI is InChI=1S/C27H22N4O2S/c32-19-28-18-20-5-4-6-21(17-20)26-14-13-25(27-29-15-16-31(26)27)30-22-9-11-24(12-10-22)34(33)23-7-2-1-3-8-23/h1-17,19,30H,18H2,(H,28,32). The molecule has 34 heavy (non-hydrogen) atoms. The fraction of sp³-hybridized carbons (Fsp3) is 0.0370. The summed E-state index contributed by atoms with van der Waals surface area (Å²) in [5.41, 5.74) is 5.60. The second kappa shape index (κ2) is 9.82. The molecule has 3 aromatic carbocycles. The molecule has 0 aliphatic heterocycles. The van der Waals surface area contributed by atoms with Gasteiger partial charge in [0.25, 0.3) is 0 Å². The molecule has 1 unspecified atom stereocenters. The number of hydrogen-bond acceptors (Lipinski definition) is 4. The van der Waals surface area contributed by atoms with E-state index in [9.17, 15) is 9.35 Å². The number of imidazole rings is 1. The summed E-state index contributed by atoms with van der Waals surface area (Å²) in [6.45, 7) is 0.481. The molecule has 2 aromatic heterocycles. The summed E-state index contributed by atoms with van der Waals surface area (Å²) >= 11 is -1.21. The van der Waals surface area contributed by atoms with Crippen LogP contribution in [0.15, 0.2) is 113 Å². The zero-order valence-corrected chi connectivity index (χ0v) is 19.0. The predicted octanol–water partition coefficient (Wildman–Crippen LogP) is 5.16. The van der Waals surface area contributed by atoms with Crippen LogP contribution in [0.2, 0.25) is 0 Å². The molecule has 2 heterocycles. The molecule has 6 nitrogen and oxygen atoms in total. The van der Waals surface area contributed by atoms with E-state index < -0.39 is 11.2 Å². The molecule has 0 saturated heterocycles. The van der Waals surface area contributed by atoms with Crippen LogP contribution in [0.1, 0.15) is 5.56 Å². The second-order valence-electron chi connectivity index (χ2n) is 7.68. The van der Waals surface area contributed by atoms with Gasteiger partial charge in [-0.15, -0.1) is 0 Å². The summed E-state index contributed by atoms with van der Waals surface area (Å²) in [6.07, 6.45) is 4.40. The van der Waals surface area contributed by atoms with Gasteiger partial charge in [-0.2, -0.15) is 0 Å². The first-order valence-corrected chi connectivity index (χ1v) is 11.9. The maximum atomic E-state index is 12.8. The minimum Gasteiger partial charge on any atom is -0.606 e. The van der Waals surface area contributed by atoms with Crippen LogP contribution >= 0.6 is 0 Å². The maximum absolute atomic E-state index is 12.8. The van der Waals surface area contributed by atoms with Crippen LogP contribution in [0.3, 0.4) is 0 Å². The normalized spacial score (nSPS) is 11.8. The molecule has 0 fully saturated rings. The summed E-state index contributed by atoms with van der Waals surface area (Å²) in [7, 11) is 0. The van der Waals surface area contributed by atoms with Gasteiger partial charge in [-0.25, -0.2) is 4.98 Å². The van der Waals surface area contributed by atoms with E-state index in [0.717, 1.165) is 43.6 Å². The number of carbonyl (C=O) groups is 1. The molecule has 2 N–H and O–H groups in total. The van der Waals surface area contributed by atoms with Gasteiger partial charge in [0.05, 0.1) is 11.4 Å². The highest BCUT2D eigenvalue weighted by Gasteiger charge is 2.14. The molecule has 0 saturated carbocycles. The van der Waals surface area contributed by atoms with E-state index in [1.165, 1.54) is 0 Å². The lowest BCUT2D eigenvalue weighted by Crippen LogP contribution is -2.09. The van der Waals surface area contributed by atoms with Gasteiger partial charge in [0.15, 0.2) is 15.4 Å². The van der Waals surface area contributed by atoms with Gasteiger partial charge in [0, 0.05) is 35.8 Å². The molecule has 1 atom stereocenters. The van der Waals surface area contributed by atoms with E-state index >= 15 is 0 Å². The lowest BCUT2D eigenvalue weighted by molar-refractivity contribution is -0.109. The zero-order valence-electron chi connectivity index (χ0n) is 18.2. The van der Waals surface area contributed by atoms with Gasteiger partial charge in [0.2, 0.25) is 6.41 Å². The third kappa shape index (κ3) is 4.52. The molecular weight excluding hydrogens is 444 g/mol. The number of rotatable bonds is 8. The first kappa shape index (κ1) is 21.8. The monoisotopic (exact) mass is 466 g/mol. The van der Waals surface area contributed by atoms with Crippen molar-refractivity contribution in [3.63, 3.8) is 0 Å². The highest BCUT2D eigenvalue weighted by atomic mass is 32.2. The van der Waals surface area contributed by atoms with Crippen molar-refractivity contribution in [3.05, 3.63) is 109 Å². The van der Waals surface area contributed by atoms with Crippen molar-refractivity contribution < 1.29 is 9.35 Å². The van der Waals surface area contributed by atoms with Gasteiger partial charge >= 0.3 is 0 Å². The van der Waals surface area contributed by atoms with Crippen LogP contribution in [0.4, 0.5) is 11.4 Å². The van der Waals surface area contributed by atoms with Crippen LogP contribution in [-0.2, 0) is 22.5 Å². The van der Waals surface area contributed by atoms with Crippen LogP contribution in [0.5, 0.6) is 0 Å². The van der Waals surface area contributed by atoms with E-state index in [4.69, 9.17) is 0 Å². The summed E-state index contributed by atoms with van der Waals surface area (Å²) in [5.74, 6) is 0. The molecule has 7 heteroatoms. The van der Waals surface area contributed by atoms with Crippen molar-refractivity contribution in [2.75, 3.05) is 5.32 Å². The summed E-state index contributed by atoms with van der Waals surface area (Å²) < 4.78 is 14.8. The van der Waals surface area contributed by atoms with Crippen LogP contribution < -0.4 is 10.6 Å². The fourth-order valence-corrected chi connectivity index (χ4v) is 4.90. The SMILES string of the molecule is O=CNCc1cccc(-c2ccc(Nc3ccc([S+]([O-])c4ccccc4)cc3)c3nccn23)c1. The Morgan fingerprint density at radius 3 is 2.50 bits per heavy atom. The highest BCUT2D eigenvalue weighted by Crippen LogP contribution is 2.29. The van der Waals surface area contributed by atoms with Crippen molar-refractivity contribution in [3.8, 4) is 11.3 Å². The van der Waals surface area contributed by atoms with Crippen LogP contribution in [0.25, 0.3) is 16.9 Å². The molecule has 0 aliphatic rings. The predicted molar refractivity (Wildman–Crippen MR) is 134 cm³/mol. The number of pyridine rings is 1. The lowest BCUT2D eigenvalue weighted by atomic mass is 10.1. The Hall–Kier alpha value is -4.07. The Balaban J connectivity index is 1.40. The summed E-state index contributed by atoms with van der Waals surface area (Å²) in [5, 5.41) is 6.13. The molecule has 0 bridgehead atoms. The van der Waals surface area contributed by atoms with Crippen molar-refractivity contribution in [2.45, 2.75) is 16.3 Å². The Kier molecular flexibility index (Phi) is 6.29. The third-order valence-corrected chi connectivity index (χ3v) is 6.87. The lowest BCUT2D eigenvalue weighted by Gasteiger charge is -2.13. The number of fused-ring (bicyclic) bond motifs is 1. The molecule has 5 aromatic rings. The van der Waals surface area contributed by atoms with E-state index in [1.54, 1.807) is 6.20 Å². The number of amides is 1. The quantitative estimate of drug-likeness (QED) is 0.245. The first-order chi connectivity index (χ1) is 16.7. The number of carbonyl (C=O) groups excluding carboxylic acids is 1. The van der Waals surface area contributed by atoms with Crippen molar-refractivity contribution in [1.82, 2.24) is 14.7 Å². The van der Waals surface area contributed by atoms with E-state index in [1.807, 2.05) is 95.5 Å². The number of nitrogens with zero attached hydrogens (tertiary/aromatic N) is 2. The Labute approximate surface area is 200 Å². The molecule has 1 amide bonds. The maximum Gasteiger partial charge on any atom is 0.207 e. The van der Waals surface area contributed by atoms with Crippen molar-refractivity contribution >= 4 is 34.6 Å². The topological polar surface area (TPSA) is 81.5 Å². The number of benzene rings is 3. The van der Waals surface area contributed by atoms with Gasteiger partial charge in [-0.1, -0.05) is 36.4 Å².